The van der Waals surface area contributed by atoms with Gasteiger partial charge in [-0.15, -0.1) is 0 Å². The van der Waals surface area contributed by atoms with Crippen molar-refractivity contribution in [1.29, 1.82) is 0 Å². The van der Waals surface area contributed by atoms with Crippen LogP contribution in [0.4, 0.5) is 0 Å². The van der Waals surface area contributed by atoms with Gasteiger partial charge in [0, 0.05) is 33.1 Å². The second-order valence-corrected chi connectivity index (χ2v) is 11.8. The van der Waals surface area contributed by atoms with E-state index in [1.54, 1.807) is 28.0 Å². The molecule has 1 aromatic rings. The van der Waals surface area contributed by atoms with Crippen LogP contribution in [0.5, 0.6) is 5.75 Å². The van der Waals surface area contributed by atoms with Gasteiger partial charge in [0.2, 0.25) is 17.7 Å². The minimum atomic E-state index is -0.877. The molecule has 0 bridgehead atoms. The van der Waals surface area contributed by atoms with Crippen LogP contribution in [-0.2, 0) is 25.6 Å². The summed E-state index contributed by atoms with van der Waals surface area (Å²) in [4.78, 5) is 56.0. The number of hydrogen-bond donors (Lipinski definition) is 1. The predicted octanol–water partition coefficient (Wildman–Crippen LogP) is 3.45. The number of carboxylic acid groups (broad SMARTS) is 1. The van der Waals surface area contributed by atoms with Gasteiger partial charge in [0.05, 0.1) is 13.0 Å². The maximum Gasteiger partial charge on any atom is 0.307 e. The molecule has 2 aliphatic rings. The number of rotatable bonds is 11. The largest absolute Gasteiger partial charge is 0.493 e. The maximum atomic E-state index is 13.8. The molecule has 0 aromatic heterocycles. The molecule has 9 heteroatoms. The van der Waals surface area contributed by atoms with Crippen molar-refractivity contribution in [3.05, 3.63) is 29.8 Å². The monoisotopic (exact) mass is 543 g/mol. The Morgan fingerprint density at radius 2 is 1.72 bits per heavy atom. The van der Waals surface area contributed by atoms with Crippen LogP contribution >= 0.6 is 0 Å². The average Bonchev–Trinajstić information content (AvgIpc) is 2.86. The van der Waals surface area contributed by atoms with Crippen LogP contribution in [0.25, 0.3) is 0 Å². The number of carbonyl (C=O) groups is 4. The molecule has 2 heterocycles. The van der Waals surface area contributed by atoms with Gasteiger partial charge in [-0.3, -0.25) is 19.2 Å². The highest BCUT2D eigenvalue weighted by molar-refractivity contribution is 5.92. The summed E-state index contributed by atoms with van der Waals surface area (Å²) in [5, 5.41) is 9.02. The molecule has 0 aliphatic carbocycles. The second kappa shape index (κ2) is 13.8. The van der Waals surface area contributed by atoms with E-state index >= 15 is 0 Å². The predicted molar refractivity (Wildman–Crippen MR) is 148 cm³/mol. The zero-order valence-corrected chi connectivity index (χ0v) is 24.1. The average molecular weight is 544 g/mol. The fourth-order valence-electron chi connectivity index (χ4n) is 5.64. The third-order valence-electron chi connectivity index (χ3n) is 7.65. The van der Waals surface area contributed by atoms with Crippen LogP contribution in [0.1, 0.15) is 65.9 Å². The summed E-state index contributed by atoms with van der Waals surface area (Å²) in [6.07, 6.45) is 2.74. The van der Waals surface area contributed by atoms with E-state index in [-0.39, 0.29) is 41.9 Å². The van der Waals surface area contributed by atoms with Gasteiger partial charge in [-0.2, -0.15) is 0 Å². The van der Waals surface area contributed by atoms with Crippen LogP contribution < -0.4 is 4.74 Å². The fourth-order valence-corrected chi connectivity index (χ4v) is 5.64. The van der Waals surface area contributed by atoms with E-state index < -0.39 is 18.1 Å². The summed E-state index contributed by atoms with van der Waals surface area (Å²) in [5.74, 6) is 0.344. The summed E-state index contributed by atoms with van der Waals surface area (Å²) < 4.78 is 5.96. The summed E-state index contributed by atoms with van der Waals surface area (Å²) in [6.45, 7) is 12.3. The Bertz CT molecular complexity index is 1020. The lowest BCUT2D eigenvalue weighted by atomic mass is 9.93. The van der Waals surface area contributed by atoms with E-state index in [1.807, 2.05) is 24.8 Å². The lowest BCUT2D eigenvalue weighted by Gasteiger charge is -2.45. The molecule has 2 atom stereocenters. The summed E-state index contributed by atoms with van der Waals surface area (Å²) in [5.41, 5.74) is 0.700. The van der Waals surface area contributed by atoms with Crippen LogP contribution in [0, 0.1) is 17.8 Å². The highest BCUT2D eigenvalue weighted by Crippen LogP contribution is 2.26. The molecule has 39 heavy (non-hydrogen) atoms. The lowest BCUT2D eigenvalue weighted by Crippen LogP contribution is -2.63. The zero-order chi connectivity index (χ0) is 28.7. The number of ether oxygens (including phenoxy) is 1. The van der Waals surface area contributed by atoms with Gasteiger partial charge in [-0.1, -0.05) is 39.8 Å². The molecule has 1 aromatic carbocycles. The SMILES string of the molecule is CC(=O)N1CCN(C(CC(C)C)C(=O)N2CCC(COc3cccc(CC(=O)O)c3)CC2)C(=O)[C@@H]1CC(C)C. The number of likely N-dealkylation sites (tertiary alicyclic amines) is 1. The minimum absolute atomic E-state index is 0.00244. The molecule has 9 nitrogen and oxygen atoms in total. The Hall–Kier alpha value is -3.10. The number of carbonyl (C=O) groups excluding carboxylic acids is 3. The number of nitrogens with zero attached hydrogens (tertiary/aromatic N) is 3. The summed E-state index contributed by atoms with van der Waals surface area (Å²) in [6, 6.07) is 6.12. The van der Waals surface area contributed by atoms with Gasteiger partial charge in [0.15, 0.2) is 0 Å². The number of piperazine rings is 1. The quantitative estimate of drug-likeness (QED) is 0.458. The van der Waals surface area contributed by atoms with Gasteiger partial charge in [0.1, 0.15) is 17.8 Å². The van der Waals surface area contributed by atoms with Gasteiger partial charge >= 0.3 is 5.97 Å². The van der Waals surface area contributed by atoms with Gasteiger partial charge in [0.25, 0.3) is 0 Å². The van der Waals surface area contributed by atoms with Crippen LogP contribution in [-0.4, -0.2) is 88.4 Å². The van der Waals surface area contributed by atoms with E-state index in [0.29, 0.717) is 56.9 Å². The third-order valence-corrected chi connectivity index (χ3v) is 7.65. The molecule has 216 valence electrons. The molecule has 0 radical (unpaired) electrons. The fraction of sp³-hybridized carbons (Fsp3) is 0.667. The number of amides is 3. The maximum absolute atomic E-state index is 13.8. The Morgan fingerprint density at radius 1 is 1.03 bits per heavy atom. The number of hydrogen-bond acceptors (Lipinski definition) is 5. The first-order valence-electron chi connectivity index (χ1n) is 14.3. The highest BCUT2D eigenvalue weighted by Gasteiger charge is 2.42. The number of benzene rings is 1. The molecule has 0 spiro atoms. The lowest BCUT2D eigenvalue weighted by molar-refractivity contribution is -0.159. The molecule has 0 saturated carbocycles. The van der Waals surface area contributed by atoms with E-state index in [9.17, 15) is 19.2 Å². The first-order valence-corrected chi connectivity index (χ1v) is 14.3. The molecule has 1 unspecified atom stereocenters. The van der Waals surface area contributed by atoms with Gasteiger partial charge in [-0.05, 0) is 61.1 Å². The number of aliphatic carboxylic acids is 1. The second-order valence-electron chi connectivity index (χ2n) is 11.8. The Kier molecular flexibility index (Phi) is 10.8. The molecule has 2 saturated heterocycles. The van der Waals surface area contributed by atoms with Crippen molar-refractivity contribution >= 4 is 23.7 Å². The number of carboxylic acids is 1. The summed E-state index contributed by atoms with van der Waals surface area (Å²) >= 11 is 0. The molecule has 3 amide bonds. The van der Waals surface area contributed by atoms with Crippen molar-refractivity contribution < 1.29 is 29.0 Å². The van der Waals surface area contributed by atoms with Crippen molar-refractivity contribution in [2.45, 2.75) is 78.8 Å². The molecular weight excluding hydrogens is 498 g/mol. The Labute approximate surface area is 232 Å². The van der Waals surface area contributed by atoms with E-state index in [4.69, 9.17) is 9.84 Å². The number of piperidine rings is 1. The van der Waals surface area contributed by atoms with Gasteiger partial charge < -0.3 is 24.5 Å². The first-order chi connectivity index (χ1) is 18.5. The molecular formula is C30H45N3O6. The van der Waals surface area contributed by atoms with Crippen molar-refractivity contribution in [2.75, 3.05) is 32.8 Å². The van der Waals surface area contributed by atoms with Crippen molar-refractivity contribution in [1.82, 2.24) is 14.7 Å². The molecule has 2 fully saturated rings. The smallest absolute Gasteiger partial charge is 0.307 e. The molecule has 1 N–H and O–H groups in total. The van der Waals surface area contributed by atoms with Crippen molar-refractivity contribution in [2.24, 2.45) is 17.8 Å². The molecule has 3 rings (SSSR count). The Morgan fingerprint density at radius 3 is 2.31 bits per heavy atom. The topological polar surface area (TPSA) is 107 Å². The normalized spacial score (nSPS) is 19.5. The van der Waals surface area contributed by atoms with Crippen LogP contribution in [0.3, 0.4) is 0 Å². The van der Waals surface area contributed by atoms with Crippen molar-refractivity contribution in [3.8, 4) is 5.75 Å². The molecule has 2 aliphatic heterocycles. The van der Waals surface area contributed by atoms with E-state index in [1.165, 1.54) is 6.92 Å². The third kappa shape index (κ3) is 8.44. The highest BCUT2D eigenvalue weighted by atomic mass is 16.5. The standard InChI is InChI=1S/C30H45N3O6/c1-20(2)15-26(33-14-13-32(22(5)34)27(30(33)38)16-21(3)4)29(37)31-11-9-23(10-12-31)19-39-25-8-6-7-24(17-25)18-28(35)36/h6-8,17,20-21,23,26-27H,9-16,18-19H2,1-5H3,(H,35,36)/t26?,27-/m0/s1. The van der Waals surface area contributed by atoms with Gasteiger partial charge in [-0.25, -0.2) is 0 Å². The van der Waals surface area contributed by atoms with E-state index in [2.05, 4.69) is 13.8 Å². The first kappa shape index (κ1) is 30.4. The van der Waals surface area contributed by atoms with Crippen molar-refractivity contribution in [3.63, 3.8) is 0 Å². The van der Waals surface area contributed by atoms with E-state index in [0.717, 1.165) is 12.8 Å². The van der Waals surface area contributed by atoms with Crippen LogP contribution in [0.2, 0.25) is 0 Å². The minimum Gasteiger partial charge on any atom is -0.493 e. The van der Waals surface area contributed by atoms with Crippen LogP contribution in [0.15, 0.2) is 24.3 Å². The zero-order valence-electron chi connectivity index (χ0n) is 24.1. The Balaban J connectivity index is 1.62. The summed E-state index contributed by atoms with van der Waals surface area (Å²) in [7, 11) is 0.